The molecule has 0 N–H and O–H groups in total. The van der Waals surface area contributed by atoms with Crippen molar-refractivity contribution in [1.82, 2.24) is 9.78 Å². The molecule has 0 saturated heterocycles. The van der Waals surface area contributed by atoms with E-state index in [4.69, 9.17) is 5.10 Å². The summed E-state index contributed by atoms with van der Waals surface area (Å²) in [5, 5.41) is 4.97. The van der Waals surface area contributed by atoms with E-state index in [9.17, 15) is 0 Å². The smallest absolute Gasteiger partial charge is 0.0725 e. The Labute approximate surface area is 222 Å². The van der Waals surface area contributed by atoms with Crippen LogP contribution in [0, 0.1) is 13.8 Å². The van der Waals surface area contributed by atoms with Crippen LogP contribution in [0.25, 0.3) is 39.1 Å². The Balaban J connectivity index is 1.43. The van der Waals surface area contributed by atoms with Crippen molar-refractivity contribution in [3.05, 3.63) is 155 Å². The average Bonchev–Trinajstić information content (AvgIpc) is 3.56. The number of rotatable bonds is 2. The molecule has 0 atom stereocenters. The Morgan fingerprint density at radius 2 is 1.03 bits per heavy atom. The topological polar surface area (TPSA) is 17.8 Å². The van der Waals surface area contributed by atoms with E-state index in [-0.39, 0.29) is 5.41 Å². The van der Waals surface area contributed by atoms with E-state index < -0.39 is 0 Å². The van der Waals surface area contributed by atoms with E-state index in [2.05, 4.69) is 134 Å². The van der Waals surface area contributed by atoms with Gasteiger partial charge >= 0.3 is 0 Å². The Morgan fingerprint density at radius 3 is 1.61 bits per heavy atom. The number of hydrogen-bond donors (Lipinski definition) is 0. The zero-order valence-electron chi connectivity index (χ0n) is 21.4. The molecule has 0 unspecified atom stereocenters. The highest BCUT2D eigenvalue weighted by Crippen LogP contribution is 2.63. The van der Waals surface area contributed by atoms with Gasteiger partial charge in [-0.15, -0.1) is 0 Å². The first-order valence-electron chi connectivity index (χ1n) is 13.3. The lowest BCUT2D eigenvalue weighted by Gasteiger charge is -2.30. The summed E-state index contributed by atoms with van der Waals surface area (Å²) >= 11 is 0. The Kier molecular flexibility index (Phi) is 4.31. The van der Waals surface area contributed by atoms with Crippen LogP contribution in [0.4, 0.5) is 0 Å². The summed E-state index contributed by atoms with van der Waals surface area (Å²) in [6, 6.07) is 44.4. The number of para-hydroxylation sites is 1. The van der Waals surface area contributed by atoms with Crippen LogP contribution < -0.4 is 0 Å². The molecular weight excluding hydrogens is 460 g/mol. The van der Waals surface area contributed by atoms with Crippen molar-refractivity contribution in [2.45, 2.75) is 19.3 Å². The lowest BCUT2D eigenvalue weighted by Crippen LogP contribution is -2.25. The summed E-state index contributed by atoms with van der Waals surface area (Å²) in [5.41, 5.74) is 16.2. The van der Waals surface area contributed by atoms with Gasteiger partial charge in [0.05, 0.1) is 16.8 Å². The monoisotopic (exact) mass is 486 g/mol. The van der Waals surface area contributed by atoms with Crippen LogP contribution >= 0.6 is 0 Å². The number of nitrogens with zero attached hydrogens (tertiary/aromatic N) is 2. The fourth-order valence-electron chi connectivity index (χ4n) is 7.13. The number of benzene rings is 5. The van der Waals surface area contributed by atoms with E-state index in [1.807, 2.05) is 6.07 Å². The van der Waals surface area contributed by atoms with Crippen LogP contribution in [0.3, 0.4) is 0 Å². The highest BCUT2D eigenvalue weighted by molar-refractivity contribution is 5.96. The van der Waals surface area contributed by atoms with Crippen molar-refractivity contribution in [1.29, 1.82) is 0 Å². The lowest BCUT2D eigenvalue weighted by atomic mass is 9.70. The van der Waals surface area contributed by atoms with Crippen molar-refractivity contribution in [2.24, 2.45) is 0 Å². The highest BCUT2D eigenvalue weighted by atomic mass is 15.3. The molecule has 180 valence electrons. The Morgan fingerprint density at radius 1 is 0.526 bits per heavy atom. The van der Waals surface area contributed by atoms with Gasteiger partial charge in [-0.1, -0.05) is 103 Å². The van der Waals surface area contributed by atoms with Crippen LogP contribution in [-0.4, -0.2) is 9.78 Å². The van der Waals surface area contributed by atoms with E-state index in [1.54, 1.807) is 0 Å². The highest BCUT2D eigenvalue weighted by Gasteiger charge is 2.51. The quantitative estimate of drug-likeness (QED) is 0.239. The molecule has 0 bridgehead atoms. The predicted octanol–water partition coefficient (Wildman–Crippen LogP) is 8.50. The second-order valence-electron chi connectivity index (χ2n) is 10.4. The van der Waals surface area contributed by atoms with E-state index in [1.165, 1.54) is 55.6 Å². The van der Waals surface area contributed by atoms with Crippen molar-refractivity contribution >= 4 is 0 Å². The van der Waals surface area contributed by atoms with Gasteiger partial charge < -0.3 is 0 Å². The Hall–Kier alpha value is -4.69. The second-order valence-corrected chi connectivity index (χ2v) is 10.4. The van der Waals surface area contributed by atoms with E-state index in [0.29, 0.717) is 0 Å². The molecule has 0 saturated carbocycles. The molecule has 1 aromatic heterocycles. The van der Waals surface area contributed by atoms with Gasteiger partial charge in [-0.05, 0) is 82.1 Å². The molecule has 2 aliphatic rings. The molecule has 0 aliphatic heterocycles. The van der Waals surface area contributed by atoms with Gasteiger partial charge in [-0.3, -0.25) is 0 Å². The minimum absolute atomic E-state index is 0.327. The fourth-order valence-corrected chi connectivity index (χ4v) is 7.13. The van der Waals surface area contributed by atoms with Crippen molar-refractivity contribution in [2.75, 3.05) is 0 Å². The van der Waals surface area contributed by atoms with Crippen LogP contribution in [0.1, 0.15) is 33.6 Å². The molecule has 1 heterocycles. The van der Waals surface area contributed by atoms with E-state index >= 15 is 0 Å². The average molecular weight is 487 g/mol. The number of hydrogen-bond acceptors (Lipinski definition) is 1. The molecule has 0 fully saturated rings. The van der Waals surface area contributed by atoms with Gasteiger partial charge in [0.1, 0.15) is 0 Å². The van der Waals surface area contributed by atoms with Gasteiger partial charge in [0, 0.05) is 11.3 Å². The van der Waals surface area contributed by atoms with E-state index in [0.717, 1.165) is 17.1 Å². The molecule has 5 aromatic carbocycles. The standard InChI is InChI=1S/C36H26N2/c1-23-35(24(2)38(37-23)26-12-4-3-5-13-26)25-20-21-30-29-16-8-11-19-33(29)36(34(30)22-25)31-17-9-6-14-27(31)28-15-7-10-18-32(28)36/h3-22H,1-2H3. The number of fused-ring (bicyclic) bond motifs is 10. The summed E-state index contributed by atoms with van der Waals surface area (Å²) in [7, 11) is 0. The Bertz CT molecular complexity index is 1830. The van der Waals surface area contributed by atoms with Crippen LogP contribution in [0.5, 0.6) is 0 Å². The first-order chi connectivity index (χ1) is 18.7. The summed E-state index contributed by atoms with van der Waals surface area (Å²) in [6.45, 7) is 4.31. The van der Waals surface area contributed by atoms with Gasteiger partial charge in [0.25, 0.3) is 0 Å². The number of aromatic nitrogens is 2. The maximum atomic E-state index is 4.97. The molecule has 0 radical (unpaired) electrons. The van der Waals surface area contributed by atoms with Crippen molar-refractivity contribution in [3.63, 3.8) is 0 Å². The molecular formula is C36H26N2. The predicted molar refractivity (Wildman–Crippen MR) is 155 cm³/mol. The molecule has 1 spiro atoms. The molecule has 2 heteroatoms. The zero-order valence-corrected chi connectivity index (χ0v) is 21.4. The molecule has 8 rings (SSSR count). The molecule has 6 aromatic rings. The summed E-state index contributed by atoms with van der Waals surface area (Å²) in [6.07, 6.45) is 0. The molecule has 2 aliphatic carbocycles. The summed E-state index contributed by atoms with van der Waals surface area (Å²) in [4.78, 5) is 0. The maximum absolute atomic E-state index is 4.97. The van der Waals surface area contributed by atoms with Crippen LogP contribution in [-0.2, 0) is 5.41 Å². The maximum Gasteiger partial charge on any atom is 0.0725 e. The number of aryl methyl sites for hydroxylation is 1. The normalized spacial score (nSPS) is 13.7. The third-order valence-corrected chi connectivity index (χ3v) is 8.58. The van der Waals surface area contributed by atoms with Gasteiger partial charge in [-0.2, -0.15) is 5.10 Å². The largest absolute Gasteiger partial charge is 0.237 e. The second kappa shape index (κ2) is 7.66. The van der Waals surface area contributed by atoms with Gasteiger partial charge in [0.2, 0.25) is 0 Å². The fraction of sp³-hybridized carbons (Fsp3) is 0.0833. The summed E-state index contributed by atoms with van der Waals surface area (Å²) in [5.74, 6) is 0. The lowest BCUT2D eigenvalue weighted by molar-refractivity contribution is 0.794. The van der Waals surface area contributed by atoms with Gasteiger partial charge in [0.15, 0.2) is 0 Å². The molecule has 38 heavy (non-hydrogen) atoms. The first kappa shape index (κ1) is 21.4. The first-order valence-corrected chi connectivity index (χ1v) is 13.3. The summed E-state index contributed by atoms with van der Waals surface area (Å²) < 4.78 is 2.07. The minimum atomic E-state index is -0.327. The minimum Gasteiger partial charge on any atom is -0.237 e. The van der Waals surface area contributed by atoms with Crippen molar-refractivity contribution < 1.29 is 0 Å². The SMILES string of the molecule is Cc1nn(-c2ccccc2)c(C)c1-c1ccc2c(c1)C1(c3ccccc3-c3ccccc31)c1ccccc1-2. The third kappa shape index (κ3) is 2.59. The van der Waals surface area contributed by atoms with Crippen LogP contribution in [0.15, 0.2) is 121 Å². The van der Waals surface area contributed by atoms with Crippen LogP contribution in [0.2, 0.25) is 0 Å². The van der Waals surface area contributed by atoms with Gasteiger partial charge in [-0.25, -0.2) is 4.68 Å². The van der Waals surface area contributed by atoms with Crippen molar-refractivity contribution in [3.8, 4) is 39.1 Å². The molecule has 2 nitrogen and oxygen atoms in total. The third-order valence-electron chi connectivity index (χ3n) is 8.58. The zero-order chi connectivity index (χ0) is 25.4. The molecule has 0 amide bonds.